The fraction of sp³-hybridized carbons (Fsp3) is 0.750. The Morgan fingerprint density at radius 1 is 1.21 bits per heavy atom. The quantitative estimate of drug-likeness (QED) is 0.666. The van der Waals surface area contributed by atoms with Crippen LogP contribution in [0.3, 0.4) is 0 Å². The average Bonchev–Trinajstić information content (AvgIpc) is 2.10. The highest BCUT2D eigenvalue weighted by atomic mass is 32.2. The molecular formula is C8H14O4S2. The summed E-state index contributed by atoms with van der Waals surface area (Å²) in [5, 5.41) is 17.1. The molecular weight excluding hydrogens is 224 g/mol. The third-order valence-electron chi connectivity index (χ3n) is 1.43. The average molecular weight is 238 g/mol. The molecule has 0 aliphatic rings. The Hall–Kier alpha value is -0.360. The molecule has 0 unspecified atom stereocenters. The Kier molecular flexibility index (Phi) is 7.78. The molecule has 0 rings (SSSR count). The molecule has 0 fully saturated rings. The number of hydrogen-bond acceptors (Lipinski definition) is 4. The van der Waals surface area contributed by atoms with E-state index in [0.717, 1.165) is 6.42 Å². The first-order chi connectivity index (χ1) is 6.56. The van der Waals surface area contributed by atoms with Crippen molar-refractivity contribution < 1.29 is 19.8 Å². The van der Waals surface area contributed by atoms with E-state index in [2.05, 4.69) is 0 Å². The van der Waals surface area contributed by atoms with E-state index in [1.54, 1.807) is 0 Å². The summed E-state index contributed by atoms with van der Waals surface area (Å²) in [5.41, 5.74) is 0. The van der Waals surface area contributed by atoms with Gasteiger partial charge in [-0.25, -0.2) is 0 Å². The highest BCUT2D eigenvalue weighted by Gasteiger charge is 2.10. The van der Waals surface area contributed by atoms with Crippen molar-refractivity contribution in [3.8, 4) is 0 Å². The molecule has 2 N–H and O–H groups in total. The lowest BCUT2D eigenvalue weighted by atomic mass is 10.4. The second-order valence-electron chi connectivity index (χ2n) is 2.64. The van der Waals surface area contributed by atoms with Gasteiger partial charge < -0.3 is 10.2 Å². The molecule has 0 aliphatic heterocycles. The predicted molar refractivity (Wildman–Crippen MR) is 59.1 cm³/mol. The molecule has 0 saturated carbocycles. The molecule has 0 bridgehead atoms. The number of thioether (sulfide) groups is 2. The minimum atomic E-state index is -0.826. The summed E-state index contributed by atoms with van der Waals surface area (Å²) in [6.45, 7) is 1.97. The summed E-state index contributed by atoms with van der Waals surface area (Å²) in [6, 6.07) is 0. The summed E-state index contributed by atoms with van der Waals surface area (Å²) in [7, 11) is 0. The molecule has 0 saturated heterocycles. The molecule has 0 radical (unpaired) electrons. The van der Waals surface area contributed by atoms with Crippen LogP contribution >= 0.6 is 23.5 Å². The van der Waals surface area contributed by atoms with Crippen LogP contribution in [0.2, 0.25) is 0 Å². The van der Waals surface area contributed by atoms with E-state index in [1.165, 1.54) is 23.5 Å². The first-order valence-electron chi connectivity index (χ1n) is 4.19. The summed E-state index contributed by atoms with van der Waals surface area (Å²) in [5.74, 6) is -0.776. The second-order valence-corrected chi connectivity index (χ2v) is 4.96. The van der Waals surface area contributed by atoms with E-state index in [9.17, 15) is 9.59 Å². The zero-order chi connectivity index (χ0) is 11.0. The smallest absolute Gasteiger partial charge is 0.313 e. The van der Waals surface area contributed by atoms with Gasteiger partial charge in [0.2, 0.25) is 0 Å². The van der Waals surface area contributed by atoms with E-state index in [0.29, 0.717) is 5.75 Å². The van der Waals surface area contributed by atoms with Crippen molar-refractivity contribution >= 4 is 35.5 Å². The van der Waals surface area contributed by atoms with E-state index in [-0.39, 0.29) is 16.8 Å². The Morgan fingerprint density at radius 2 is 1.79 bits per heavy atom. The van der Waals surface area contributed by atoms with E-state index < -0.39 is 11.9 Å². The summed E-state index contributed by atoms with van der Waals surface area (Å²) >= 11 is 2.70. The SMILES string of the molecule is CC[C@H](CSCC(=O)O)SCC(=O)O. The van der Waals surface area contributed by atoms with Crippen LogP contribution in [0.4, 0.5) is 0 Å². The number of rotatable bonds is 8. The molecule has 0 heterocycles. The minimum Gasteiger partial charge on any atom is -0.481 e. The van der Waals surface area contributed by atoms with Gasteiger partial charge in [0.15, 0.2) is 0 Å². The molecule has 1 atom stereocenters. The van der Waals surface area contributed by atoms with Gasteiger partial charge in [-0.15, -0.1) is 23.5 Å². The maximum Gasteiger partial charge on any atom is 0.313 e. The van der Waals surface area contributed by atoms with Gasteiger partial charge in [-0.3, -0.25) is 9.59 Å². The number of aliphatic carboxylic acids is 2. The first-order valence-corrected chi connectivity index (χ1v) is 6.39. The molecule has 0 aromatic carbocycles. The fourth-order valence-electron chi connectivity index (χ4n) is 0.751. The maximum atomic E-state index is 10.3. The monoisotopic (exact) mass is 238 g/mol. The van der Waals surface area contributed by atoms with Crippen LogP contribution in [-0.4, -0.2) is 44.7 Å². The fourth-order valence-corrected chi connectivity index (χ4v) is 2.83. The van der Waals surface area contributed by atoms with Crippen LogP contribution in [0, 0.1) is 0 Å². The topological polar surface area (TPSA) is 74.6 Å². The minimum absolute atomic E-state index is 0.0874. The zero-order valence-electron chi connectivity index (χ0n) is 7.93. The number of carboxylic acid groups (broad SMARTS) is 2. The summed E-state index contributed by atoms with van der Waals surface area (Å²) in [6.07, 6.45) is 0.866. The van der Waals surface area contributed by atoms with E-state index >= 15 is 0 Å². The van der Waals surface area contributed by atoms with E-state index in [4.69, 9.17) is 10.2 Å². The van der Waals surface area contributed by atoms with Crippen molar-refractivity contribution in [1.82, 2.24) is 0 Å². The lowest BCUT2D eigenvalue weighted by Crippen LogP contribution is -2.11. The van der Waals surface area contributed by atoms with Gasteiger partial charge in [-0.1, -0.05) is 6.92 Å². The molecule has 6 heteroatoms. The number of carbonyl (C=O) groups is 2. The lowest BCUT2D eigenvalue weighted by molar-refractivity contribution is -0.135. The van der Waals surface area contributed by atoms with Crippen LogP contribution in [0.1, 0.15) is 13.3 Å². The number of hydrogen-bond donors (Lipinski definition) is 2. The van der Waals surface area contributed by atoms with Crippen molar-refractivity contribution in [2.75, 3.05) is 17.3 Å². The Balaban J connectivity index is 3.57. The van der Waals surface area contributed by atoms with Gasteiger partial charge in [0.1, 0.15) is 0 Å². The molecule has 0 aromatic rings. The third-order valence-corrected chi connectivity index (χ3v) is 4.11. The molecule has 14 heavy (non-hydrogen) atoms. The molecule has 4 nitrogen and oxygen atoms in total. The standard InChI is InChI=1S/C8H14O4S2/c1-2-6(14-5-8(11)12)3-13-4-7(9)10/h6H,2-5H2,1H3,(H,9,10)(H,11,12)/t6-/m1/s1. The highest BCUT2D eigenvalue weighted by Crippen LogP contribution is 2.19. The van der Waals surface area contributed by atoms with Crippen molar-refractivity contribution in [3.63, 3.8) is 0 Å². The first kappa shape index (κ1) is 13.6. The van der Waals surface area contributed by atoms with Crippen molar-refractivity contribution in [2.24, 2.45) is 0 Å². The second kappa shape index (κ2) is 7.99. The summed E-state index contributed by atoms with van der Waals surface area (Å²) in [4.78, 5) is 20.5. The van der Waals surface area contributed by atoms with Crippen molar-refractivity contribution in [2.45, 2.75) is 18.6 Å². The van der Waals surface area contributed by atoms with Gasteiger partial charge in [-0.2, -0.15) is 0 Å². The van der Waals surface area contributed by atoms with Crippen LogP contribution in [0.5, 0.6) is 0 Å². The normalized spacial score (nSPS) is 12.4. The zero-order valence-corrected chi connectivity index (χ0v) is 9.57. The molecule has 0 aromatic heterocycles. The molecule has 0 aliphatic carbocycles. The Bertz CT molecular complexity index is 196. The van der Waals surface area contributed by atoms with Crippen LogP contribution in [0.25, 0.3) is 0 Å². The van der Waals surface area contributed by atoms with Gasteiger partial charge in [0, 0.05) is 11.0 Å². The van der Waals surface area contributed by atoms with Crippen molar-refractivity contribution in [3.05, 3.63) is 0 Å². The third kappa shape index (κ3) is 8.25. The molecule has 82 valence electrons. The van der Waals surface area contributed by atoms with E-state index in [1.807, 2.05) is 6.92 Å². The van der Waals surface area contributed by atoms with Crippen LogP contribution in [0.15, 0.2) is 0 Å². The predicted octanol–water partition coefficient (Wildman–Crippen LogP) is 1.40. The Labute approximate surface area is 91.5 Å². The lowest BCUT2D eigenvalue weighted by Gasteiger charge is -2.11. The maximum absolute atomic E-state index is 10.3. The number of carboxylic acids is 2. The Morgan fingerprint density at radius 3 is 2.21 bits per heavy atom. The van der Waals surface area contributed by atoms with Crippen molar-refractivity contribution in [1.29, 1.82) is 0 Å². The van der Waals surface area contributed by atoms with Crippen LogP contribution in [-0.2, 0) is 9.59 Å². The molecule has 0 spiro atoms. The van der Waals surface area contributed by atoms with Gasteiger partial charge in [0.05, 0.1) is 11.5 Å². The van der Waals surface area contributed by atoms with Crippen LogP contribution < -0.4 is 0 Å². The van der Waals surface area contributed by atoms with Gasteiger partial charge >= 0.3 is 11.9 Å². The van der Waals surface area contributed by atoms with Gasteiger partial charge in [-0.05, 0) is 6.42 Å². The summed E-state index contributed by atoms with van der Waals surface area (Å²) < 4.78 is 0. The largest absolute Gasteiger partial charge is 0.481 e. The molecule has 0 amide bonds. The van der Waals surface area contributed by atoms with Gasteiger partial charge in [0.25, 0.3) is 0 Å². The highest BCUT2D eigenvalue weighted by molar-refractivity contribution is 8.03.